The molecule has 142 valence electrons. The molecule has 0 fully saturated rings. The van der Waals surface area contributed by atoms with Gasteiger partial charge in [0.25, 0.3) is 0 Å². The molecule has 4 aromatic rings. The zero-order valence-electron chi connectivity index (χ0n) is 14.9. The van der Waals surface area contributed by atoms with Crippen LogP contribution >= 0.6 is 46.3 Å². The van der Waals surface area contributed by atoms with Crippen LogP contribution in [0.5, 0.6) is 0 Å². The Balaban J connectivity index is 1.63. The van der Waals surface area contributed by atoms with Crippen LogP contribution in [-0.4, -0.2) is 26.3 Å². The zero-order chi connectivity index (χ0) is 19.7. The van der Waals surface area contributed by atoms with Crippen LogP contribution in [0.2, 0.25) is 10.0 Å². The number of thioether (sulfide) groups is 1. The van der Waals surface area contributed by atoms with Gasteiger partial charge in [-0.2, -0.15) is 0 Å². The van der Waals surface area contributed by atoms with E-state index in [9.17, 15) is 4.79 Å². The van der Waals surface area contributed by atoms with E-state index in [1.807, 2.05) is 60.0 Å². The van der Waals surface area contributed by atoms with E-state index in [4.69, 9.17) is 23.2 Å². The summed E-state index contributed by atoms with van der Waals surface area (Å²) in [6.07, 6.45) is 0. The Labute approximate surface area is 180 Å². The number of carbonyl (C=O) groups is 1. The number of nitrogens with zero attached hydrogens (tertiary/aromatic N) is 3. The lowest BCUT2D eigenvalue weighted by atomic mass is 10.2. The van der Waals surface area contributed by atoms with E-state index in [1.54, 1.807) is 0 Å². The lowest BCUT2D eigenvalue weighted by Crippen LogP contribution is -2.04. The number of thiophene rings is 1. The average molecular weight is 448 g/mol. The molecule has 28 heavy (non-hydrogen) atoms. The summed E-state index contributed by atoms with van der Waals surface area (Å²) in [5.74, 6) is 1.07. The van der Waals surface area contributed by atoms with E-state index in [-0.39, 0.29) is 5.78 Å². The van der Waals surface area contributed by atoms with E-state index in [1.165, 1.54) is 23.1 Å². The van der Waals surface area contributed by atoms with Gasteiger partial charge in [0.1, 0.15) is 0 Å². The van der Waals surface area contributed by atoms with Gasteiger partial charge in [0, 0.05) is 27.2 Å². The third-order valence-electron chi connectivity index (χ3n) is 4.26. The molecule has 0 saturated carbocycles. The molecule has 0 aliphatic carbocycles. The van der Waals surface area contributed by atoms with Crippen LogP contribution < -0.4 is 0 Å². The van der Waals surface area contributed by atoms with Crippen LogP contribution in [0.15, 0.2) is 53.7 Å². The average Bonchev–Trinajstić information content (AvgIpc) is 3.26. The molecule has 0 radical (unpaired) electrons. The molecule has 2 aromatic carbocycles. The van der Waals surface area contributed by atoms with Crippen LogP contribution in [0.3, 0.4) is 0 Å². The molecule has 0 unspecified atom stereocenters. The minimum Gasteiger partial charge on any atom is -0.302 e. The van der Waals surface area contributed by atoms with E-state index >= 15 is 0 Å². The smallest absolute Gasteiger partial charge is 0.191 e. The molecular formula is C20H15Cl2N3OS2. The second-order valence-electron chi connectivity index (χ2n) is 6.01. The van der Waals surface area contributed by atoms with Crippen LogP contribution in [0, 0.1) is 0 Å². The molecule has 8 heteroatoms. The molecule has 0 aliphatic heterocycles. The lowest BCUT2D eigenvalue weighted by Gasteiger charge is -2.06. The Morgan fingerprint density at radius 3 is 2.68 bits per heavy atom. The number of aromatic nitrogens is 3. The normalized spacial score (nSPS) is 11.2. The van der Waals surface area contributed by atoms with Crippen molar-refractivity contribution in [3.63, 3.8) is 0 Å². The van der Waals surface area contributed by atoms with E-state index < -0.39 is 0 Å². The van der Waals surface area contributed by atoms with Gasteiger partial charge in [0.15, 0.2) is 16.8 Å². The topological polar surface area (TPSA) is 47.8 Å². The van der Waals surface area contributed by atoms with Crippen molar-refractivity contribution in [2.45, 2.75) is 18.6 Å². The molecule has 2 aromatic heterocycles. The van der Waals surface area contributed by atoms with Gasteiger partial charge in [-0.25, -0.2) is 0 Å². The van der Waals surface area contributed by atoms with Crippen molar-refractivity contribution in [2.75, 3.05) is 5.75 Å². The summed E-state index contributed by atoms with van der Waals surface area (Å²) in [6.45, 7) is 2.70. The number of Topliss-reactive ketones (excluding diaryl/α,β-unsaturated/α-hetero) is 1. The maximum atomic E-state index is 12.4. The number of halogens is 2. The summed E-state index contributed by atoms with van der Waals surface area (Å²) < 4.78 is 2.99. The van der Waals surface area contributed by atoms with Crippen LogP contribution in [0.1, 0.15) is 17.3 Å². The Morgan fingerprint density at radius 1 is 1.14 bits per heavy atom. The molecule has 0 aliphatic rings. The number of carbonyl (C=O) groups excluding carboxylic acids is 1. The standard InChI is InChI=1S/C20H15Cl2N3OS2/c1-2-25-19(18-17(22)14-9-8-13(21)10-16(14)28-18)23-24-20(25)27-11-15(26)12-6-4-3-5-7-12/h3-10H,2,11H2,1H3. The summed E-state index contributed by atoms with van der Waals surface area (Å²) in [6, 6.07) is 14.9. The summed E-state index contributed by atoms with van der Waals surface area (Å²) in [5, 5.41) is 11.6. The van der Waals surface area contributed by atoms with E-state index in [0.29, 0.717) is 38.9 Å². The summed E-state index contributed by atoms with van der Waals surface area (Å²) in [7, 11) is 0. The molecule has 2 heterocycles. The number of hydrogen-bond acceptors (Lipinski definition) is 5. The first-order valence-electron chi connectivity index (χ1n) is 8.60. The van der Waals surface area contributed by atoms with E-state index in [2.05, 4.69) is 10.2 Å². The monoisotopic (exact) mass is 447 g/mol. The Bertz CT molecular complexity index is 1160. The van der Waals surface area contributed by atoms with Crippen molar-refractivity contribution in [3.8, 4) is 10.7 Å². The Morgan fingerprint density at radius 2 is 1.93 bits per heavy atom. The molecule has 0 amide bonds. The number of benzene rings is 2. The van der Waals surface area contributed by atoms with Crippen molar-refractivity contribution < 1.29 is 4.79 Å². The predicted octanol–water partition coefficient (Wildman–Crippen LogP) is 6.46. The molecule has 0 atom stereocenters. The third-order valence-corrected chi connectivity index (χ3v) is 7.11. The summed E-state index contributed by atoms with van der Waals surface area (Å²) >= 11 is 15.6. The molecular weight excluding hydrogens is 433 g/mol. The maximum absolute atomic E-state index is 12.4. The minimum absolute atomic E-state index is 0.0624. The molecule has 0 bridgehead atoms. The molecule has 0 spiro atoms. The lowest BCUT2D eigenvalue weighted by molar-refractivity contribution is 0.102. The van der Waals surface area contributed by atoms with Crippen LogP contribution in [0.4, 0.5) is 0 Å². The zero-order valence-corrected chi connectivity index (χ0v) is 18.0. The first kappa shape index (κ1) is 19.5. The number of ketones is 1. The molecule has 0 N–H and O–H groups in total. The highest BCUT2D eigenvalue weighted by Gasteiger charge is 2.20. The van der Waals surface area contributed by atoms with Crippen molar-refractivity contribution >= 4 is 62.2 Å². The minimum atomic E-state index is 0.0624. The number of hydrogen-bond donors (Lipinski definition) is 0. The fourth-order valence-corrected chi connectivity index (χ4v) is 5.55. The van der Waals surface area contributed by atoms with Gasteiger partial charge in [-0.3, -0.25) is 4.79 Å². The van der Waals surface area contributed by atoms with Crippen molar-refractivity contribution in [2.24, 2.45) is 0 Å². The van der Waals surface area contributed by atoms with Gasteiger partial charge in [0.05, 0.1) is 15.7 Å². The number of fused-ring (bicyclic) bond motifs is 1. The Kier molecular flexibility index (Phi) is 5.73. The van der Waals surface area contributed by atoms with Crippen LogP contribution in [-0.2, 0) is 6.54 Å². The highest BCUT2D eigenvalue weighted by Crippen LogP contribution is 2.42. The first-order valence-corrected chi connectivity index (χ1v) is 11.2. The van der Waals surface area contributed by atoms with Gasteiger partial charge < -0.3 is 4.57 Å². The molecule has 4 rings (SSSR count). The van der Waals surface area contributed by atoms with Gasteiger partial charge in [0.2, 0.25) is 0 Å². The maximum Gasteiger partial charge on any atom is 0.191 e. The fourth-order valence-electron chi connectivity index (χ4n) is 2.87. The SMILES string of the molecule is CCn1c(SCC(=O)c2ccccc2)nnc1-c1sc2cc(Cl)ccc2c1Cl. The van der Waals surface area contributed by atoms with Gasteiger partial charge in [-0.15, -0.1) is 21.5 Å². The van der Waals surface area contributed by atoms with Crippen LogP contribution in [0.25, 0.3) is 20.8 Å². The third kappa shape index (κ3) is 3.70. The van der Waals surface area contributed by atoms with Gasteiger partial charge >= 0.3 is 0 Å². The quantitative estimate of drug-likeness (QED) is 0.251. The summed E-state index contributed by atoms with van der Waals surface area (Å²) in [4.78, 5) is 13.2. The second kappa shape index (κ2) is 8.25. The van der Waals surface area contributed by atoms with Crippen molar-refractivity contribution in [3.05, 3.63) is 64.1 Å². The van der Waals surface area contributed by atoms with Gasteiger partial charge in [-0.1, -0.05) is 71.4 Å². The highest BCUT2D eigenvalue weighted by molar-refractivity contribution is 7.99. The van der Waals surface area contributed by atoms with Gasteiger partial charge in [-0.05, 0) is 19.1 Å². The Hall–Kier alpha value is -1.86. The van der Waals surface area contributed by atoms with Crippen molar-refractivity contribution in [1.29, 1.82) is 0 Å². The first-order chi connectivity index (χ1) is 13.6. The van der Waals surface area contributed by atoms with E-state index in [0.717, 1.165) is 15.0 Å². The fraction of sp³-hybridized carbons (Fsp3) is 0.150. The highest BCUT2D eigenvalue weighted by atomic mass is 35.5. The predicted molar refractivity (Wildman–Crippen MR) is 118 cm³/mol. The molecule has 0 saturated heterocycles. The molecule has 4 nitrogen and oxygen atoms in total. The number of rotatable bonds is 6. The largest absolute Gasteiger partial charge is 0.302 e. The van der Waals surface area contributed by atoms with Crippen molar-refractivity contribution in [1.82, 2.24) is 14.8 Å². The second-order valence-corrected chi connectivity index (χ2v) is 8.82. The summed E-state index contributed by atoms with van der Waals surface area (Å²) in [5.41, 5.74) is 0.696.